The van der Waals surface area contributed by atoms with Crippen LogP contribution in [0.4, 0.5) is 17.5 Å². The molecule has 1 aromatic carbocycles. The molecule has 7 nitrogen and oxygen atoms in total. The van der Waals surface area contributed by atoms with Crippen LogP contribution in [0.25, 0.3) is 0 Å². The number of hydrogen-bond donors (Lipinski definition) is 1. The van der Waals surface area contributed by atoms with Crippen LogP contribution in [-0.2, 0) is 0 Å². The van der Waals surface area contributed by atoms with Crippen molar-refractivity contribution in [3.63, 3.8) is 0 Å². The molecule has 0 aliphatic carbocycles. The summed E-state index contributed by atoms with van der Waals surface area (Å²) in [5.41, 5.74) is 3.90. The number of hydrogen-bond acceptors (Lipinski definition) is 7. The van der Waals surface area contributed by atoms with Crippen molar-refractivity contribution in [2.45, 2.75) is 27.7 Å². The molecule has 1 aliphatic heterocycles. The molecule has 156 valence electrons. The second kappa shape index (κ2) is 8.39. The van der Waals surface area contributed by atoms with E-state index in [9.17, 15) is 4.79 Å². The molecule has 8 heteroatoms. The second-order valence-corrected chi connectivity index (χ2v) is 8.81. The monoisotopic (exact) mass is 422 g/mol. The van der Waals surface area contributed by atoms with E-state index in [1.807, 2.05) is 43.9 Å². The van der Waals surface area contributed by atoms with Crippen molar-refractivity contribution in [1.82, 2.24) is 19.9 Å². The maximum Gasteiger partial charge on any atom is 0.265 e. The van der Waals surface area contributed by atoms with Crippen molar-refractivity contribution < 1.29 is 4.79 Å². The Kier molecular flexibility index (Phi) is 5.67. The predicted molar refractivity (Wildman–Crippen MR) is 121 cm³/mol. The zero-order valence-electron chi connectivity index (χ0n) is 17.8. The Hall–Kier alpha value is -3.00. The highest BCUT2D eigenvalue weighted by Crippen LogP contribution is 2.23. The summed E-state index contributed by atoms with van der Waals surface area (Å²) in [7, 11) is 0. The number of benzene rings is 1. The molecule has 1 saturated heterocycles. The van der Waals surface area contributed by atoms with E-state index in [0.717, 1.165) is 45.9 Å². The van der Waals surface area contributed by atoms with Crippen molar-refractivity contribution >= 4 is 34.7 Å². The highest BCUT2D eigenvalue weighted by molar-refractivity contribution is 7.13. The number of aromatic nitrogens is 3. The lowest BCUT2D eigenvalue weighted by Crippen LogP contribution is -2.49. The molecule has 1 aliphatic rings. The molecule has 2 aromatic heterocycles. The molecule has 3 aromatic rings. The Labute approximate surface area is 180 Å². The van der Waals surface area contributed by atoms with Gasteiger partial charge in [0.1, 0.15) is 10.7 Å². The number of thiazole rings is 1. The summed E-state index contributed by atoms with van der Waals surface area (Å²) >= 11 is 1.47. The number of piperazine rings is 1. The maximum atomic E-state index is 12.9. The van der Waals surface area contributed by atoms with Gasteiger partial charge in [-0.3, -0.25) is 4.79 Å². The normalized spacial score (nSPS) is 14.1. The first-order valence-electron chi connectivity index (χ1n) is 10.1. The first kappa shape index (κ1) is 20.3. The van der Waals surface area contributed by atoms with E-state index >= 15 is 0 Å². The molecule has 4 rings (SSSR count). The van der Waals surface area contributed by atoms with Gasteiger partial charge in [-0.1, -0.05) is 17.7 Å². The molecular weight excluding hydrogens is 396 g/mol. The maximum absolute atomic E-state index is 12.9. The summed E-state index contributed by atoms with van der Waals surface area (Å²) in [4.78, 5) is 31.4. The fourth-order valence-electron chi connectivity index (χ4n) is 3.55. The second-order valence-electron chi connectivity index (χ2n) is 7.61. The number of aryl methyl sites for hydroxylation is 4. The first-order chi connectivity index (χ1) is 14.4. The van der Waals surface area contributed by atoms with Crippen LogP contribution in [-0.4, -0.2) is 51.9 Å². The molecule has 0 spiro atoms. The fourth-order valence-corrected chi connectivity index (χ4v) is 4.44. The van der Waals surface area contributed by atoms with Crippen LogP contribution in [0.2, 0.25) is 0 Å². The lowest BCUT2D eigenvalue weighted by atomic mass is 10.2. The minimum atomic E-state index is 0.0818. The molecule has 1 fully saturated rings. The Morgan fingerprint density at radius 2 is 1.67 bits per heavy atom. The average Bonchev–Trinajstić information content (AvgIpc) is 3.07. The summed E-state index contributed by atoms with van der Waals surface area (Å²) < 4.78 is 0. The fraction of sp³-hybridized carbons (Fsp3) is 0.364. The predicted octanol–water partition coefficient (Wildman–Crippen LogP) is 3.87. The molecule has 0 bridgehead atoms. The Balaban J connectivity index is 1.44. The molecule has 0 unspecified atom stereocenters. The number of nitrogens with one attached hydrogen (secondary N) is 1. The van der Waals surface area contributed by atoms with E-state index in [1.54, 1.807) is 0 Å². The first-order valence-corrected chi connectivity index (χ1v) is 10.9. The van der Waals surface area contributed by atoms with Gasteiger partial charge in [0.15, 0.2) is 0 Å². The van der Waals surface area contributed by atoms with E-state index in [4.69, 9.17) is 4.98 Å². The van der Waals surface area contributed by atoms with Gasteiger partial charge < -0.3 is 15.1 Å². The average molecular weight is 423 g/mol. The van der Waals surface area contributed by atoms with E-state index < -0.39 is 0 Å². The van der Waals surface area contributed by atoms with Gasteiger partial charge in [0.25, 0.3) is 5.91 Å². The third-order valence-electron chi connectivity index (χ3n) is 5.14. The van der Waals surface area contributed by atoms with Gasteiger partial charge in [-0.25, -0.2) is 9.97 Å². The number of nitrogens with zero attached hydrogens (tertiary/aromatic N) is 5. The smallest absolute Gasteiger partial charge is 0.265 e. The molecule has 1 amide bonds. The van der Waals surface area contributed by atoms with Gasteiger partial charge in [-0.05, 0) is 39.8 Å². The standard InChI is InChI=1S/C22H26N6OS/c1-14-5-7-18(8-6-14)25-22-23-15(2)13-19(26-22)27-9-11-28(12-10-27)21(29)20-16(3)24-17(4)30-20/h5-8,13H,9-12H2,1-4H3,(H,23,25,26). The van der Waals surface area contributed by atoms with Crippen LogP contribution in [0.15, 0.2) is 30.3 Å². The number of rotatable bonds is 4. The zero-order valence-corrected chi connectivity index (χ0v) is 18.6. The summed E-state index contributed by atoms with van der Waals surface area (Å²) in [5, 5.41) is 4.22. The highest BCUT2D eigenvalue weighted by Gasteiger charge is 2.26. The number of carbonyl (C=O) groups is 1. The van der Waals surface area contributed by atoms with Crippen molar-refractivity contribution in [3.8, 4) is 0 Å². The van der Waals surface area contributed by atoms with Gasteiger partial charge in [0.2, 0.25) is 5.95 Å². The van der Waals surface area contributed by atoms with E-state index in [0.29, 0.717) is 19.0 Å². The van der Waals surface area contributed by atoms with E-state index in [1.165, 1.54) is 16.9 Å². The van der Waals surface area contributed by atoms with Crippen LogP contribution >= 0.6 is 11.3 Å². The number of carbonyl (C=O) groups excluding carboxylic acids is 1. The van der Waals surface area contributed by atoms with Crippen LogP contribution in [0.1, 0.15) is 31.6 Å². The highest BCUT2D eigenvalue weighted by atomic mass is 32.1. The minimum absolute atomic E-state index is 0.0818. The van der Waals surface area contributed by atoms with Crippen LogP contribution in [0, 0.1) is 27.7 Å². The molecule has 1 N–H and O–H groups in total. The van der Waals surface area contributed by atoms with Gasteiger partial charge in [-0.2, -0.15) is 4.98 Å². The molecule has 30 heavy (non-hydrogen) atoms. The largest absolute Gasteiger partial charge is 0.353 e. The van der Waals surface area contributed by atoms with Crippen molar-refractivity contribution in [1.29, 1.82) is 0 Å². The molecule has 0 radical (unpaired) electrons. The molecule has 3 heterocycles. The SMILES string of the molecule is Cc1ccc(Nc2nc(C)cc(N3CCN(C(=O)c4sc(C)nc4C)CC3)n2)cc1. The zero-order chi connectivity index (χ0) is 21.3. The number of amides is 1. The summed E-state index contributed by atoms with van der Waals surface area (Å²) in [6, 6.07) is 10.2. The van der Waals surface area contributed by atoms with Crippen LogP contribution in [0.5, 0.6) is 0 Å². The summed E-state index contributed by atoms with van der Waals surface area (Å²) in [5.74, 6) is 1.55. The Morgan fingerprint density at radius 3 is 2.30 bits per heavy atom. The number of anilines is 3. The van der Waals surface area contributed by atoms with Crippen LogP contribution in [0.3, 0.4) is 0 Å². The Morgan fingerprint density at radius 1 is 0.967 bits per heavy atom. The van der Waals surface area contributed by atoms with E-state index in [2.05, 4.69) is 39.2 Å². The van der Waals surface area contributed by atoms with E-state index in [-0.39, 0.29) is 5.91 Å². The Bertz CT molecular complexity index is 1050. The van der Waals surface area contributed by atoms with Crippen molar-refractivity contribution in [2.24, 2.45) is 0 Å². The van der Waals surface area contributed by atoms with Gasteiger partial charge in [0, 0.05) is 43.6 Å². The lowest BCUT2D eigenvalue weighted by molar-refractivity contribution is 0.0750. The van der Waals surface area contributed by atoms with Crippen LogP contribution < -0.4 is 10.2 Å². The topological polar surface area (TPSA) is 74.2 Å². The summed E-state index contributed by atoms with van der Waals surface area (Å²) in [6.07, 6.45) is 0. The third kappa shape index (κ3) is 4.43. The van der Waals surface area contributed by atoms with Crippen molar-refractivity contribution in [2.75, 3.05) is 36.4 Å². The third-order valence-corrected chi connectivity index (χ3v) is 6.20. The van der Waals surface area contributed by atoms with Crippen molar-refractivity contribution in [3.05, 3.63) is 57.2 Å². The molecule has 0 saturated carbocycles. The van der Waals surface area contributed by atoms with Gasteiger partial charge in [-0.15, -0.1) is 11.3 Å². The lowest BCUT2D eigenvalue weighted by Gasteiger charge is -2.35. The van der Waals surface area contributed by atoms with Gasteiger partial charge in [0.05, 0.1) is 10.7 Å². The summed E-state index contributed by atoms with van der Waals surface area (Å²) in [6.45, 7) is 10.7. The minimum Gasteiger partial charge on any atom is -0.353 e. The quantitative estimate of drug-likeness (QED) is 0.688. The van der Waals surface area contributed by atoms with Gasteiger partial charge >= 0.3 is 0 Å². The molecular formula is C22H26N6OS. The molecule has 0 atom stereocenters.